The fourth-order valence-electron chi connectivity index (χ4n) is 4.72. The predicted octanol–water partition coefficient (Wildman–Crippen LogP) is 6.75. The zero-order valence-electron chi connectivity index (χ0n) is 18.6. The van der Waals surface area contributed by atoms with Crippen molar-refractivity contribution in [1.29, 1.82) is 0 Å². The van der Waals surface area contributed by atoms with Crippen molar-refractivity contribution in [2.75, 3.05) is 16.8 Å². The molecule has 2 unspecified atom stereocenters. The van der Waals surface area contributed by atoms with E-state index in [1.807, 2.05) is 6.07 Å². The maximum Gasteiger partial charge on any atom is 0.156 e. The lowest BCUT2D eigenvalue weighted by Gasteiger charge is -2.15. The highest BCUT2D eigenvalue weighted by Crippen LogP contribution is 2.67. The van der Waals surface area contributed by atoms with Crippen molar-refractivity contribution in [3.8, 4) is 11.1 Å². The molecule has 0 spiro atoms. The molecule has 4 rings (SSSR count). The summed E-state index contributed by atoms with van der Waals surface area (Å²) in [5.74, 6) is -2.83. The quantitative estimate of drug-likeness (QED) is 0.295. The van der Waals surface area contributed by atoms with Crippen molar-refractivity contribution >= 4 is 17.1 Å². The first kappa shape index (κ1) is 22.7. The first-order valence-corrected chi connectivity index (χ1v) is 10.5. The number of benzene rings is 3. The number of rotatable bonds is 5. The van der Waals surface area contributed by atoms with Gasteiger partial charge in [-0.05, 0) is 59.7 Å². The second-order valence-corrected chi connectivity index (χ2v) is 9.18. The van der Waals surface area contributed by atoms with Crippen LogP contribution in [0.1, 0.15) is 30.9 Å². The Morgan fingerprint density at radius 3 is 2.21 bits per heavy atom. The largest absolute Gasteiger partial charge is 0.396 e. The standard InChI is InChI=1S/C26H25F4N3/c1-12-9-14(5-7-18(12)27)22-21(26(22,3)4)13(2)33-15-10-17(24(31)20(29)11-15)16-6-8-19(28)25(32)23(16)30/h5-11,21-22,33H,2,31-32H2,1,3-4H3. The maximum absolute atomic E-state index is 14.6. The van der Waals surface area contributed by atoms with Gasteiger partial charge >= 0.3 is 0 Å². The van der Waals surface area contributed by atoms with Gasteiger partial charge in [-0.2, -0.15) is 0 Å². The highest BCUT2D eigenvalue weighted by molar-refractivity contribution is 5.82. The molecule has 0 bridgehead atoms. The summed E-state index contributed by atoms with van der Waals surface area (Å²) in [6.07, 6.45) is 0. The van der Waals surface area contributed by atoms with Crippen molar-refractivity contribution in [2.45, 2.75) is 26.7 Å². The molecule has 0 aromatic heterocycles. The average molecular weight is 455 g/mol. The van der Waals surface area contributed by atoms with Crippen molar-refractivity contribution in [1.82, 2.24) is 0 Å². The van der Waals surface area contributed by atoms with Gasteiger partial charge in [0.2, 0.25) is 0 Å². The molecule has 0 radical (unpaired) electrons. The van der Waals surface area contributed by atoms with Crippen molar-refractivity contribution < 1.29 is 17.6 Å². The summed E-state index contributed by atoms with van der Waals surface area (Å²) < 4.78 is 56.5. The van der Waals surface area contributed by atoms with E-state index in [1.165, 1.54) is 24.3 Å². The number of hydrogen-bond acceptors (Lipinski definition) is 3. The third kappa shape index (κ3) is 3.81. The Bertz CT molecular complexity index is 1280. The first-order chi connectivity index (χ1) is 15.4. The number of hydrogen-bond donors (Lipinski definition) is 3. The van der Waals surface area contributed by atoms with E-state index >= 15 is 0 Å². The number of allylic oxidation sites excluding steroid dienone is 1. The zero-order chi connectivity index (χ0) is 24.2. The number of anilines is 3. The second-order valence-electron chi connectivity index (χ2n) is 9.18. The minimum atomic E-state index is -1.01. The van der Waals surface area contributed by atoms with E-state index in [0.29, 0.717) is 16.9 Å². The number of nitrogen functional groups attached to an aromatic ring is 2. The molecule has 0 heterocycles. The molecule has 1 aliphatic rings. The topological polar surface area (TPSA) is 64.1 Å². The van der Waals surface area contributed by atoms with E-state index < -0.39 is 23.1 Å². The fraction of sp³-hybridized carbons (Fsp3) is 0.231. The molecule has 0 amide bonds. The SMILES string of the molecule is C=C(Nc1cc(F)c(N)c(-c2ccc(F)c(N)c2F)c1)C1C(c2ccc(F)c(C)c2)C1(C)C. The molecular weight excluding hydrogens is 430 g/mol. The Kier molecular flexibility index (Phi) is 5.39. The molecule has 172 valence electrons. The Labute approximate surface area is 190 Å². The van der Waals surface area contributed by atoms with Crippen LogP contribution in [0.4, 0.5) is 34.6 Å². The van der Waals surface area contributed by atoms with Gasteiger partial charge < -0.3 is 16.8 Å². The minimum absolute atomic E-state index is 0.00428. The first-order valence-electron chi connectivity index (χ1n) is 10.5. The maximum atomic E-state index is 14.6. The van der Waals surface area contributed by atoms with Gasteiger partial charge in [-0.25, -0.2) is 17.6 Å². The van der Waals surface area contributed by atoms with Crippen LogP contribution >= 0.6 is 0 Å². The molecule has 2 atom stereocenters. The Balaban J connectivity index is 1.64. The van der Waals surface area contributed by atoms with E-state index in [1.54, 1.807) is 13.0 Å². The normalized spacial score (nSPS) is 18.8. The van der Waals surface area contributed by atoms with Crippen LogP contribution in [-0.2, 0) is 0 Å². The number of aryl methyl sites for hydroxylation is 1. The lowest BCUT2D eigenvalue weighted by molar-refractivity contribution is 0.584. The summed E-state index contributed by atoms with van der Waals surface area (Å²) in [6.45, 7) is 10.0. The molecule has 1 saturated carbocycles. The summed E-state index contributed by atoms with van der Waals surface area (Å²) >= 11 is 0. The average Bonchev–Trinajstić information content (AvgIpc) is 3.33. The number of halogens is 4. The van der Waals surface area contributed by atoms with E-state index in [2.05, 4.69) is 25.7 Å². The highest BCUT2D eigenvalue weighted by atomic mass is 19.1. The van der Waals surface area contributed by atoms with Crippen molar-refractivity contribution in [3.05, 3.63) is 89.1 Å². The molecular formula is C26H25F4N3. The number of nitrogens with one attached hydrogen (secondary N) is 1. The minimum Gasteiger partial charge on any atom is -0.396 e. The van der Waals surface area contributed by atoms with Gasteiger partial charge in [0.1, 0.15) is 23.1 Å². The lowest BCUT2D eigenvalue weighted by atomic mass is 10.0. The monoisotopic (exact) mass is 455 g/mol. The van der Waals surface area contributed by atoms with Crippen LogP contribution in [0.5, 0.6) is 0 Å². The second kappa shape index (κ2) is 7.83. The Morgan fingerprint density at radius 2 is 1.55 bits per heavy atom. The summed E-state index contributed by atoms with van der Waals surface area (Å²) in [7, 11) is 0. The predicted molar refractivity (Wildman–Crippen MR) is 124 cm³/mol. The van der Waals surface area contributed by atoms with Crippen LogP contribution in [0.2, 0.25) is 0 Å². The molecule has 3 aromatic rings. The summed E-state index contributed by atoms with van der Waals surface area (Å²) in [5, 5.41) is 3.12. The van der Waals surface area contributed by atoms with Crippen LogP contribution in [-0.4, -0.2) is 0 Å². The third-order valence-electron chi connectivity index (χ3n) is 6.60. The van der Waals surface area contributed by atoms with Crippen LogP contribution in [0.25, 0.3) is 11.1 Å². The van der Waals surface area contributed by atoms with Crippen LogP contribution in [0, 0.1) is 41.5 Å². The van der Waals surface area contributed by atoms with Gasteiger partial charge in [0.15, 0.2) is 5.82 Å². The molecule has 5 N–H and O–H groups in total. The molecule has 33 heavy (non-hydrogen) atoms. The molecule has 0 saturated heterocycles. The molecule has 3 aromatic carbocycles. The van der Waals surface area contributed by atoms with E-state index in [9.17, 15) is 17.6 Å². The van der Waals surface area contributed by atoms with Crippen LogP contribution in [0.3, 0.4) is 0 Å². The van der Waals surface area contributed by atoms with Gasteiger partial charge in [0.25, 0.3) is 0 Å². The van der Waals surface area contributed by atoms with Gasteiger partial charge in [0.05, 0.1) is 5.69 Å². The Hall–Kier alpha value is -3.48. The number of nitrogens with two attached hydrogens (primary N) is 2. The van der Waals surface area contributed by atoms with E-state index in [0.717, 1.165) is 11.6 Å². The third-order valence-corrected chi connectivity index (χ3v) is 6.60. The molecule has 0 aliphatic heterocycles. The fourth-order valence-corrected chi connectivity index (χ4v) is 4.72. The summed E-state index contributed by atoms with van der Waals surface area (Å²) in [5.41, 5.74) is 12.7. The van der Waals surface area contributed by atoms with Crippen LogP contribution < -0.4 is 16.8 Å². The van der Waals surface area contributed by atoms with Crippen LogP contribution in [0.15, 0.2) is 54.7 Å². The van der Waals surface area contributed by atoms with E-state index in [4.69, 9.17) is 11.5 Å². The van der Waals surface area contributed by atoms with Gasteiger partial charge in [-0.1, -0.05) is 32.6 Å². The highest BCUT2D eigenvalue weighted by Gasteiger charge is 2.59. The smallest absolute Gasteiger partial charge is 0.156 e. The van der Waals surface area contributed by atoms with Gasteiger partial charge in [-0.3, -0.25) is 0 Å². The van der Waals surface area contributed by atoms with Gasteiger partial charge in [-0.15, -0.1) is 0 Å². The molecule has 7 heteroatoms. The summed E-state index contributed by atoms with van der Waals surface area (Å²) in [4.78, 5) is 0. The van der Waals surface area contributed by atoms with Gasteiger partial charge in [0, 0.05) is 28.4 Å². The zero-order valence-corrected chi connectivity index (χ0v) is 18.6. The van der Waals surface area contributed by atoms with Crippen molar-refractivity contribution in [2.24, 2.45) is 11.3 Å². The van der Waals surface area contributed by atoms with E-state index in [-0.39, 0.29) is 39.9 Å². The molecule has 3 nitrogen and oxygen atoms in total. The summed E-state index contributed by atoms with van der Waals surface area (Å²) in [6, 6.07) is 9.90. The van der Waals surface area contributed by atoms with Crippen molar-refractivity contribution in [3.63, 3.8) is 0 Å². The molecule has 1 fully saturated rings. The lowest BCUT2D eigenvalue weighted by Crippen LogP contribution is -2.06. The Morgan fingerprint density at radius 1 is 0.879 bits per heavy atom. The molecule has 1 aliphatic carbocycles.